The molecule has 1 aliphatic heterocycles. The zero-order chi connectivity index (χ0) is 11.1. The van der Waals surface area contributed by atoms with Gasteiger partial charge in [-0.15, -0.1) is 6.58 Å². The van der Waals surface area contributed by atoms with Crippen molar-refractivity contribution in [3.05, 3.63) is 12.7 Å². The Morgan fingerprint density at radius 1 is 1.53 bits per heavy atom. The van der Waals surface area contributed by atoms with Crippen LogP contribution in [0, 0.1) is 5.92 Å². The molecule has 86 valence electrons. The second kappa shape index (κ2) is 6.62. The van der Waals surface area contributed by atoms with Gasteiger partial charge < -0.3 is 5.32 Å². The number of amides is 1. The number of carbonyl (C=O) groups is 1. The van der Waals surface area contributed by atoms with Gasteiger partial charge in [-0.25, -0.2) is 0 Å². The molecule has 1 heterocycles. The van der Waals surface area contributed by atoms with Gasteiger partial charge in [0.2, 0.25) is 5.91 Å². The van der Waals surface area contributed by atoms with Gasteiger partial charge in [0.25, 0.3) is 0 Å². The maximum absolute atomic E-state index is 11.7. The highest BCUT2D eigenvalue weighted by Crippen LogP contribution is 2.16. The van der Waals surface area contributed by atoms with Crippen LogP contribution in [0.15, 0.2) is 12.7 Å². The van der Waals surface area contributed by atoms with Crippen molar-refractivity contribution in [3.63, 3.8) is 0 Å². The molecule has 1 fully saturated rings. The molecule has 0 aromatic carbocycles. The van der Waals surface area contributed by atoms with E-state index < -0.39 is 0 Å². The molecule has 1 saturated heterocycles. The molecule has 1 rings (SSSR count). The lowest BCUT2D eigenvalue weighted by Gasteiger charge is -2.30. The van der Waals surface area contributed by atoms with E-state index in [9.17, 15) is 4.79 Å². The van der Waals surface area contributed by atoms with E-state index in [0.29, 0.717) is 0 Å². The van der Waals surface area contributed by atoms with E-state index in [1.807, 2.05) is 6.08 Å². The Hall–Kier alpha value is -0.830. The minimum Gasteiger partial charge on any atom is -0.356 e. The molecule has 1 aliphatic rings. The fourth-order valence-electron chi connectivity index (χ4n) is 1.95. The number of nitrogens with one attached hydrogen (secondary N) is 1. The predicted octanol–water partition coefficient (Wildman–Crippen LogP) is 1.41. The first-order valence-corrected chi connectivity index (χ1v) is 5.89. The number of carbonyl (C=O) groups excluding carboxylic acids is 1. The topological polar surface area (TPSA) is 32.3 Å². The van der Waals surface area contributed by atoms with Crippen molar-refractivity contribution in [1.29, 1.82) is 0 Å². The van der Waals surface area contributed by atoms with Crippen LogP contribution in [0.1, 0.15) is 26.2 Å². The average Bonchev–Trinajstić information content (AvgIpc) is 2.27. The molecule has 0 aliphatic carbocycles. The van der Waals surface area contributed by atoms with Crippen molar-refractivity contribution in [1.82, 2.24) is 10.2 Å². The van der Waals surface area contributed by atoms with Crippen molar-refractivity contribution in [2.24, 2.45) is 5.92 Å². The van der Waals surface area contributed by atoms with E-state index in [2.05, 4.69) is 23.7 Å². The molecule has 15 heavy (non-hydrogen) atoms. The summed E-state index contributed by atoms with van der Waals surface area (Å²) in [7, 11) is 0. The van der Waals surface area contributed by atoms with Gasteiger partial charge in [-0.1, -0.05) is 13.0 Å². The summed E-state index contributed by atoms with van der Waals surface area (Å²) in [4.78, 5) is 14.0. The first kappa shape index (κ1) is 12.2. The van der Waals surface area contributed by atoms with Gasteiger partial charge in [0.1, 0.15) is 0 Å². The van der Waals surface area contributed by atoms with Gasteiger partial charge in [0, 0.05) is 19.0 Å². The van der Waals surface area contributed by atoms with Gasteiger partial charge >= 0.3 is 0 Å². The molecule has 0 aromatic heterocycles. The largest absolute Gasteiger partial charge is 0.356 e. The summed E-state index contributed by atoms with van der Waals surface area (Å²) >= 11 is 0. The Balaban J connectivity index is 2.24. The molecule has 3 nitrogen and oxygen atoms in total. The van der Waals surface area contributed by atoms with E-state index in [1.165, 1.54) is 0 Å². The maximum Gasteiger partial charge on any atom is 0.223 e. The highest BCUT2D eigenvalue weighted by Gasteiger charge is 2.23. The van der Waals surface area contributed by atoms with Crippen molar-refractivity contribution in [3.8, 4) is 0 Å². The highest BCUT2D eigenvalue weighted by molar-refractivity contribution is 5.78. The van der Waals surface area contributed by atoms with E-state index >= 15 is 0 Å². The zero-order valence-electron chi connectivity index (χ0n) is 9.67. The maximum atomic E-state index is 11.7. The number of nitrogens with zero attached hydrogens (tertiary/aromatic N) is 1. The SMILES string of the molecule is C=CCN1CCC(C(=O)NCCC)CC1. The second-order valence-corrected chi connectivity index (χ2v) is 4.15. The molecular formula is C12H22N2O. The number of piperidine rings is 1. The summed E-state index contributed by atoms with van der Waals surface area (Å²) in [5.74, 6) is 0.479. The quantitative estimate of drug-likeness (QED) is 0.696. The first-order valence-electron chi connectivity index (χ1n) is 5.89. The monoisotopic (exact) mass is 210 g/mol. The fraction of sp³-hybridized carbons (Fsp3) is 0.750. The Bertz CT molecular complexity index is 208. The second-order valence-electron chi connectivity index (χ2n) is 4.15. The van der Waals surface area contributed by atoms with Crippen LogP contribution in [-0.4, -0.2) is 37.0 Å². The summed E-state index contributed by atoms with van der Waals surface area (Å²) < 4.78 is 0. The van der Waals surface area contributed by atoms with Gasteiger partial charge in [0.05, 0.1) is 0 Å². The van der Waals surface area contributed by atoms with Crippen LogP contribution in [0.3, 0.4) is 0 Å². The summed E-state index contributed by atoms with van der Waals surface area (Å²) in [6.07, 6.45) is 4.92. The Labute approximate surface area is 92.5 Å². The van der Waals surface area contributed by atoms with Crippen LogP contribution in [0.2, 0.25) is 0 Å². The molecule has 1 N–H and O–H groups in total. The van der Waals surface area contributed by atoms with Gasteiger partial charge in [-0.3, -0.25) is 9.69 Å². The number of likely N-dealkylation sites (tertiary alicyclic amines) is 1. The van der Waals surface area contributed by atoms with Gasteiger partial charge in [-0.2, -0.15) is 0 Å². The van der Waals surface area contributed by atoms with Crippen LogP contribution < -0.4 is 5.32 Å². The summed E-state index contributed by atoms with van der Waals surface area (Å²) in [5, 5.41) is 2.97. The van der Waals surface area contributed by atoms with E-state index in [0.717, 1.165) is 45.4 Å². The third kappa shape index (κ3) is 4.04. The average molecular weight is 210 g/mol. The highest BCUT2D eigenvalue weighted by atomic mass is 16.1. The third-order valence-corrected chi connectivity index (χ3v) is 2.89. The number of hydrogen-bond donors (Lipinski definition) is 1. The first-order chi connectivity index (χ1) is 7.27. The molecule has 0 saturated carbocycles. The minimum atomic E-state index is 0.234. The lowest BCUT2D eigenvalue weighted by Crippen LogP contribution is -2.40. The number of hydrogen-bond acceptors (Lipinski definition) is 2. The van der Waals surface area contributed by atoms with Gasteiger partial charge in [-0.05, 0) is 32.4 Å². The molecule has 1 amide bonds. The zero-order valence-corrected chi connectivity index (χ0v) is 9.67. The van der Waals surface area contributed by atoms with E-state index in [-0.39, 0.29) is 11.8 Å². The molecule has 0 spiro atoms. The Kier molecular flexibility index (Phi) is 5.40. The summed E-state index contributed by atoms with van der Waals surface area (Å²) in [6, 6.07) is 0. The lowest BCUT2D eigenvalue weighted by molar-refractivity contribution is -0.126. The lowest BCUT2D eigenvalue weighted by atomic mass is 9.96. The summed E-state index contributed by atoms with van der Waals surface area (Å²) in [6.45, 7) is 9.61. The van der Waals surface area contributed by atoms with Crippen LogP contribution in [0.25, 0.3) is 0 Å². The molecule has 0 bridgehead atoms. The normalized spacial score (nSPS) is 18.7. The van der Waals surface area contributed by atoms with Crippen molar-refractivity contribution >= 4 is 5.91 Å². The standard InChI is InChI=1S/C12H22N2O/c1-3-7-13-12(15)11-5-9-14(8-4-2)10-6-11/h4,11H,2-3,5-10H2,1H3,(H,13,15). The van der Waals surface area contributed by atoms with Gasteiger partial charge in [0.15, 0.2) is 0 Å². The molecular weight excluding hydrogens is 188 g/mol. The summed E-state index contributed by atoms with van der Waals surface area (Å²) in [5.41, 5.74) is 0. The van der Waals surface area contributed by atoms with Crippen LogP contribution in [0.4, 0.5) is 0 Å². The van der Waals surface area contributed by atoms with Crippen molar-refractivity contribution < 1.29 is 4.79 Å². The Morgan fingerprint density at radius 2 is 2.20 bits per heavy atom. The van der Waals surface area contributed by atoms with Crippen LogP contribution in [0.5, 0.6) is 0 Å². The molecule has 0 radical (unpaired) electrons. The fourth-order valence-corrected chi connectivity index (χ4v) is 1.95. The molecule has 0 aromatic rings. The predicted molar refractivity (Wildman–Crippen MR) is 62.7 cm³/mol. The van der Waals surface area contributed by atoms with Crippen LogP contribution >= 0.6 is 0 Å². The third-order valence-electron chi connectivity index (χ3n) is 2.89. The molecule has 0 unspecified atom stereocenters. The van der Waals surface area contributed by atoms with Crippen molar-refractivity contribution in [2.75, 3.05) is 26.2 Å². The minimum absolute atomic E-state index is 0.234. The van der Waals surface area contributed by atoms with Crippen LogP contribution in [-0.2, 0) is 4.79 Å². The Morgan fingerprint density at radius 3 is 2.73 bits per heavy atom. The van der Waals surface area contributed by atoms with Crippen molar-refractivity contribution in [2.45, 2.75) is 26.2 Å². The van der Waals surface area contributed by atoms with E-state index in [1.54, 1.807) is 0 Å². The van der Waals surface area contributed by atoms with E-state index in [4.69, 9.17) is 0 Å². The molecule has 3 heteroatoms. The smallest absolute Gasteiger partial charge is 0.223 e. The number of rotatable bonds is 5. The molecule has 0 atom stereocenters.